The molecule has 2 aromatic rings. The molecule has 1 atom stereocenters. The van der Waals surface area contributed by atoms with Gasteiger partial charge < -0.3 is 24.8 Å². The summed E-state index contributed by atoms with van der Waals surface area (Å²) in [5, 5.41) is 3.25. The molecule has 2 aliphatic rings. The van der Waals surface area contributed by atoms with Crippen LogP contribution in [0.3, 0.4) is 0 Å². The summed E-state index contributed by atoms with van der Waals surface area (Å²) in [5.74, 6) is -0.249. The fourth-order valence-electron chi connectivity index (χ4n) is 5.46. The van der Waals surface area contributed by atoms with Crippen molar-refractivity contribution >= 4 is 17.7 Å². The molecule has 10 heteroatoms. The van der Waals surface area contributed by atoms with E-state index in [2.05, 4.69) is 10.2 Å². The number of piperidine rings is 1. The van der Waals surface area contributed by atoms with Gasteiger partial charge in [-0.2, -0.15) is 13.2 Å². The molecule has 1 N–H and O–H groups in total. The van der Waals surface area contributed by atoms with Crippen molar-refractivity contribution < 1.29 is 27.5 Å². The number of carbonyl (C=O) groups excluding carboxylic acids is 2. The number of rotatable bonds is 6. The summed E-state index contributed by atoms with van der Waals surface area (Å²) >= 11 is 0. The number of nitrogens with one attached hydrogen (secondary N) is 1. The number of fused-ring (bicyclic) bond motifs is 1. The van der Waals surface area contributed by atoms with E-state index in [9.17, 15) is 22.8 Å². The van der Waals surface area contributed by atoms with E-state index >= 15 is 0 Å². The zero-order valence-electron chi connectivity index (χ0n) is 23.7. The Labute approximate surface area is 234 Å². The molecule has 1 unspecified atom stereocenters. The molecular formula is C30H39F3N4O3. The predicted octanol–water partition coefficient (Wildman–Crippen LogP) is 5.53. The molecule has 0 bridgehead atoms. The van der Waals surface area contributed by atoms with Crippen LogP contribution in [0.2, 0.25) is 0 Å². The Balaban J connectivity index is 1.50. The van der Waals surface area contributed by atoms with E-state index in [1.165, 1.54) is 12.1 Å². The highest BCUT2D eigenvalue weighted by Gasteiger charge is 2.35. The van der Waals surface area contributed by atoms with E-state index in [1.807, 2.05) is 46.0 Å². The van der Waals surface area contributed by atoms with Crippen molar-refractivity contribution in [3.63, 3.8) is 0 Å². The molecule has 1 saturated heterocycles. The van der Waals surface area contributed by atoms with Gasteiger partial charge in [-0.3, -0.25) is 4.79 Å². The maximum absolute atomic E-state index is 13.7. The first-order chi connectivity index (χ1) is 18.8. The summed E-state index contributed by atoms with van der Waals surface area (Å²) in [6, 6.07) is 11.0. The molecule has 2 heterocycles. The van der Waals surface area contributed by atoms with Gasteiger partial charge in [-0.25, -0.2) is 4.79 Å². The number of hydrogen-bond acceptors (Lipinski definition) is 5. The van der Waals surface area contributed by atoms with Crippen LogP contribution in [0, 0.1) is 0 Å². The number of amides is 2. The topological polar surface area (TPSA) is 65.1 Å². The molecule has 7 nitrogen and oxygen atoms in total. The number of likely N-dealkylation sites (tertiary alicyclic amines) is 1. The Morgan fingerprint density at radius 2 is 1.82 bits per heavy atom. The molecule has 1 fully saturated rings. The minimum absolute atomic E-state index is 0.0410. The van der Waals surface area contributed by atoms with Crippen LogP contribution in [-0.4, -0.2) is 71.6 Å². The third kappa shape index (κ3) is 7.47. The van der Waals surface area contributed by atoms with Gasteiger partial charge in [0, 0.05) is 37.9 Å². The Morgan fingerprint density at radius 1 is 1.07 bits per heavy atom. The number of alkyl halides is 3. The first kappa shape index (κ1) is 29.7. The molecule has 4 rings (SSSR count). The van der Waals surface area contributed by atoms with Gasteiger partial charge in [-0.15, -0.1) is 0 Å². The minimum atomic E-state index is -4.50. The number of likely N-dealkylation sites (N-methyl/N-ethyl adjacent to an activating group) is 1. The smallest absolute Gasteiger partial charge is 0.416 e. The molecular weight excluding hydrogens is 521 g/mol. The van der Waals surface area contributed by atoms with E-state index < -0.39 is 17.3 Å². The molecule has 0 aromatic heterocycles. The van der Waals surface area contributed by atoms with Crippen molar-refractivity contribution in [2.24, 2.45) is 0 Å². The van der Waals surface area contributed by atoms with Gasteiger partial charge in [-0.1, -0.05) is 30.3 Å². The average Bonchev–Trinajstić information content (AvgIpc) is 2.88. The number of ether oxygens (including phenoxy) is 1. The Hall–Kier alpha value is -3.27. The first-order valence-corrected chi connectivity index (χ1v) is 13.8. The van der Waals surface area contributed by atoms with E-state index in [1.54, 1.807) is 15.9 Å². The third-order valence-corrected chi connectivity index (χ3v) is 7.37. The molecule has 218 valence electrons. The zero-order valence-corrected chi connectivity index (χ0v) is 23.7. The molecule has 2 aliphatic heterocycles. The van der Waals surface area contributed by atoms with Gasteiger partial charge in [0.2, 0.25) is 5.91 Å². The van der Waals surface area contributed by atoms with Crippen molar-refractivity contribution in [3.8, 4) is 0 Å². The van der Waals surface area contributed by atoms with E-state index in [-0.39, 0.29) is 36.7 Å². The van der Waals surface area contributed by atoms with Crippen molar-refractivity contribution in [1.29, 1.82) is 0 Å². The second kappa shape index (κ2) is 12.1. The Kier molecular flexibility index (Phi) is 8.97. The van der Waals surface area contributed by atoms with Crippen LogP contribution in [0.1, 0.15) is 55.9 Å². The summed E-state index contributed by atoms with van der Waals surface area (Å²) in [5.41, 5.74) is 1.60. The molecule has 0 radical (unpaired) electrons. The number of benzene rings is 2. The molecule has 2 aromatic carbocycles. The highest BCUT2D eigenvalue weighted by atomic mass is 19.4. The monoisotopic (exact) mass is 560 g/mol. The third-order valence-electron chi connectivity index (χ3n) is 7.37. The van der Waals surface area contributed by atoms with Crippen molar-refractivity contribution in [2.75, 3.05) is 38.5 Å². The molecule has 0 saturated carbocycles. The average molecular weight is 561 g/mol. The Bertz CT molecular complexity index is 1210. The van der Waals surface area contributed by atoms with E-state index in [0.29, 0.717) is 26.1 Å². The van der Waals surface area contributed by atoms with Crippen LogP contribution in [0.4, 0.5) is 23.7 Å². The predicted molar refractivity (Wildman–Crippen MR) is 148 cm³/mol. The Morgan fingerprint density at radius 3 is 2.52 bits per heavy atom. The number of carbonyl (C=O) groups is 2. The largest absolute Gasteiger partial charge is 0.444 e. The minimum Gasteiger partial charge on any atom is -0.444 e. The lowest BCUT2D eigenvalue weighted by Gasteiger charge is -2.38. The van der Waals surface area contributed by atoms with Crippen LogP contribution >= 0.6 is 0 Å². The number of nitrogens with zero attached hydrogens (tertiary/aromatic N) is 3. The summed E-state index contributed by atoms with van der Waals surface area (Å²) in [6.07, 6.45) is -2.64. The second-order valence-electron chi connectivity index (χ2n) is 11.7. The SMILES string of the molecule is CN1CCCC(N(Cc2ccccc2C(F)(F)F)C(=O)CNc2cccc3c2CCN(C(=O)OC(C)(C)C)C3)C1. The van der Waals surface area contributed by atoms with Gasteiger partial charge in [0.15, 0.2) is 0 Å². The van der Waals surface area contributed by atoms with Crippen LogP contribution in [0.25, 0.3) is 0 Å². The fourth-order valence-corrected chi connectivity index (χ4v) is 5.46. The van der Waals surface area contributed by atoms with Gasteiger partial charge in [0.1, 0.15) is 5.60 Å². The maximum Gasteiger partial charge on any atom is 0.416 e. The quantitative estimate of drug-likeness (QED) is 0.503. The summed E-state index contributed by atoms with van der Waals surface area (Å²) in [6.45, 7) is 7.75. The highest BCUT2D eigenvalue weighted by molar-refractivity contribution is 5.82. The highest BCUT2D eigenvalue weighted by Crippen LogP contribution is 2.33. The second-order valence-corrected chi connectivity index (χ2v) is 11.7. The van der Waals surface area contributed by atoms with Crippen molar-refractivity contribution in [1.82, 2.24) is 14.7 Å². The molecule has 2 amide bonds. The zero-order chi connectivity index (χ0) is 29.1. The van der Waals surface area contributed by atoms with Gasteiger partial charge in [-0.05, 0) is 82.4 Å². The lowest BCUT2D eigenvalue weighted by molar-refractivity contribution is -0.140. The molecule has 0 spiro atoms. The van der Waals surface area contributed by atoms with Gasteiger partial charge >= 0.3 is 12.3 Å². The van der Waals surface area contributed by atoms with Gasteiger partial charge in [0.05, 0.1) is 12.1 Å². The summed E-state index contributed by atoms with van der Waals surface area (Å²) < 4.78 is 46.7. The lowest BCUT2D eigenvalue weighted by Crippen LogP contribution is -2.50. The summed E-state index contributed by atoms with van der Waals surface area (Å²) in [7, 11) is 1.97. The van der Waals surface area contributed by atoms with Crippen molar-refractivity contribution in [2.45, 2.75) is 70.9 Å². The van der Waals surface area contributed by atoms with Crippen LogP contribution in [0.15, 0.2) is 42.5 Å². The standard InChI is InChI=1S/C30H39F3N4O3/c1-29(2,3)40-28(39)36-16-14-24-21(18-36)10-7-13-26(24)34-17-27(38)37(23-11-8-15-35(4)20-23)19-22-9-5-6-12-25(22)30(31,32)33/h5-7,9-10,12-13,23,34H,8,11,14-20H2,1-4H3. The van der Waals surface area contributed by atoms with Crippen LogP contribution in [-0.2, 0) is 35.2 Å². The van der Waals surface area contributed by atoms with Crippen LogP contribution < -0.4 is 5.32 Å². The van der Waals surface area contributed by atoms with E-state index in [0.717, 1.165) is 42.3 Å². The lowest BCUT2D eigenvalue weighted by atomic mass is 9.98. The number of hydrogen-bond donors (Lipinski definition) is 1. The van der Waals surface area contributed by atoms with Crippen molar-refractivity contribution in [3.05, 3.63) is 64.7 Å². The maximum atomic E-state index is 13.7. The van der Waals surface area contributed by atoms with Crippen LogP contribution in [0.5, 0.6) is 0 Å². The first-order valence-electron chi connectivity index (χ1n) is 13.8. The van der Waals surface area contributed by atoms with Gasteiger partial charge in [0.25, 0.3) is 0 Å². The molecule has 0 aliphatic carbocycles. The summed E-state index contributed by atoms with van der Waals surface area (Å²) in [4.78, 5) is 31.6. The van der Waals surface area contributed by atoms with E-state index in [4.69, 9.17) is 4.74 Å². The fraction of sp³-hybridized carbons (Fsp3) is 0.533. The molecule has 40 heavy (non-hydrogen) atoms. The number of halogens is 3. The number of anilines is 1. The normalized spacial score (nSPS) is 18.2.